The molecule has 114 valence electrons. The van der Waals surface area contributed by atoms with Gasteiger partial charge in [0.15, 0.2) is 0 Å². The molecule has 1 fully saturated rings. The standard InChI is InChI=1S/C17H28O3/c1-11-13(10-20-12(2)18)17(5)8-6-7-16(3,4)15(17)9-14(11)19/h14-15,19H,6-10H2,1-5H3/t14-,15?,17+/m0/s1. The molecular formula is C17H28O3. The van der Waals surface area contributed by atoms with Crippen LogP contribution in [-0.2, 0) is 9.53 Å². The molecule has 2 aliphatic carbocycles. The lowest BCUT2D eigenvalue weighted by Crippen LogP contribution is -2.49. The minimum Gasteiger partial charge on any atom is -0.461 e. The van der Waals surface area contributed by atoms with E-state index in [1.54, 1.807) is 0 Å². The van der Waals surface area contributed by atoms with Gasteiger partial charge in [0, 0.05) is 6.92 Å². The van der Waals surface area contributed by atoms with Crippen molar-refractivity contribution in [3.63, 3.8) is 0 Å². The normalized spacial score (nSPS) is 36.5. The van der Waals surface area contributed by atoms with Crippen LogP contribution in [0, 0.1) is 16.7 Å². The van der Waals surface area contributed by atoms with Crippen molar-refractivity contribution in [2.75, 3.05) is 6.61 Å². The Hall–Kier alpha value is -0.830. The van der Waals surface area contributed by atoms with E-state index in [2.05, 4.69) is 20.8 Å². The molecule has 20 heavy (non-hydrogen) atoms. The summed E-state index contributed by atoms with van der Waals surface area (Å²) in [5.74, 6) is 0.202. The molecule has 0 aliphatic heterocycles. The molecule has 1 N–H and O–H groups in total. The highest BCUT2D eigenvalue weighted by atomic mass is 16.5. The highest BCUT2D eigenvalue weighted by Crippen LogP contribution is 2.59. The summed E-state index contributed by atoms with van der Waals surface area (Å²) in [6.07, 6.45) is 3.98. The Bertz CT molecular complexity index is 436. The molecule has 2 rings (SSSR count). The molecule has 2 aliphatic rings. The van der Waals surface area contributed by atoms with Crippen LogP contribution in [0.1, 0.15) is 60.3 Å². The van der Waals surface area contributed by atoms with E-state index < -0.39 is 6.10 Å². The van der Waals surface area contributed by atoms with E-state index in [0.717, 1.165) is 24.0 Å². The third-order valence-corrected chi connectivity index (χ3v) is 5.77. The predicted molar refractivity (Wildman–Crippen MR) is 79.2 cm³/mol. The van der Waals surface area contributed by atoms with Crippen LogP contribution in [-0.4, -0.2) is 23.8 Å². The minimum atomic E-state index is -0.393. The largest absolute Gasteiger partial charge is 0.461 e. The van der Waals surface area contributed by atoms with Crippen molar-refractivity contribution >= 4 is 5.97 Å². The van der Waals surface area contributed by atoms with E-state index in [9.17, 15) is 9.90 Å². The van der Waals surface area contributed by atoms with Crippen LogP contribution >= 0.6 is 0 Å². The van der Waals surface area contributed by atoms with Gasteiger partial charge in [0.05, 0.1) is 6.10 Å². The summed E-state index contributed by atoms with van der Waals surface area (Å²) in [6, 6.07) is 0. The fourth-order valence-electron chi connectivity index (χ4n) is 4.57. The van der Waals surface area contributed by atoms with Gasteiger partial charge >= 0.3 is 5.97 Å². The second-order valence-corrected chi connectivity index (χ2v) is 7.51. The van der Waals surface area contributed by atoms with Gasteiger partial charge in [-0.2, -0.15) is 0 Å². The van der Waals surface area contributed by atoms with Gasteiger partial charge in [-0.1, -0.05) is 27.2 Å². The lowest BCUT2D eigenvalue weighted by molar-refractivity contribution is -0.140. The maximum Gasteiger partial charge on any atom is 0.302 e. The molecule has 0 aromatic heterocycles. The van der Waals surface area contributed by atoms with E-state index in [4.69, 9.17) is 4.74 Å². The van der Waals surface area contributed by atoms with Gasteiger partial charge in [-0.3, -0.25) is 4.79 Å². The Labute approximate surface area is 122 Å². The summed E-state index contributed by atoms with van der Waals surface area (Å²) in [5, 5.41) is 10.4. The monoisotopic (exact) mass is 280 g/mol. The number of rotatable bonds is 2. The lowest BCUT2D eigenvalue weighted by atomic mass is 9.50. The molecule has 0 aromatic rings. The SMILES string of the molecule is CC(=O)OCC1=C(C)[C@@H](O)CC2C(C)(C)CCC[C@]12C. The van der Waals surface area contributed by atoms with Crippen molar-refractivity contribution in [2.24, 2.45) is 16.7 Å². The topological polar surface area (TPSA) is 46.5 Å². The first kappa shape index (κ1) is 15.6. The van der Waals surface area contributed by atoms with E-state index in [-0.39, 0.29) is 16.8 Å². The van der Waals surface area contributed by atoms with E-state index >= 15 is 0 Å². The molecule has 0 aromatic carbocycles. The lowest BCUT2D eigenvalue weighted by Gasteiger charge is -2.55. The Morgan fingerprint density at radius 2 is 2.00 bits per heavy atom. The molecule has 1 unspecified atom stereocenters. The van der Waals surface area contributed by atoms with Gasteiger partial charge in [0.1, 0.15) is 6.61 Å². The first-order valence-corrected chi connectivity index (χ1v) is 7.70. The number of aliphatic hydroxyl groups is 1. The number of esters is 1. The Morgan fingerprint density at radius 1 is 1.35 bits per heavy atom. The van der Waals surface area contributed by atoms with Crippen molar-refractivity contribution in [2.45, 2.75) is 66.4 Å². The first-order valence-electron chi connectivity index (χ1n) is 7.70. The van der Waals surface area contributed by atoms with Gasteiger partial charge < -0.3 is 9.84 Å². The zero-order valence-corrected chi connectivity index (χ0v) is 13.5. The molecular weight excluding hydrogens is 252 g/mol. The summed E-state index contributed by atoms with van der Waals surface area (Å²) in [5.41, 5.74) is 2.46. The summed E-state index contributed by atoms with van der Waals surface area (Å²) < 4.78 is 5.27. The molecule has 0 bridgehead atoms. The molecule has 0 amide bonds. The van der Waals surface area contributed by atoms with Gasteiger partial charge in [0.25, 0.3) is 0 Å². The third kappa shape index (κ3) is 2.52. The fourth-order valence-corrected chi connectivity index (χ4v) is 4.57. The predicted octanol–water partition coefficient (Wildman–Crippen LogP) is 3.46. The number of aliphatic hydroxyl groups excluding tert-OH is 1. The second-order valence-electron chi connectivity index (χ2n) is 7.51. The van der Waals surface area contributed by atoms with Crippen molar-refractivity contribution in [3.05, 3.63) is 11.1 Å². The van der Waals surface area contributed by atoms with Crippen LogP contribution in [0.5, 0.6) is 0 Å². The summed E-state index contributed by atoms with van der Waals surface area (Å²) in [4.78, 5) is 11.2. The number of fused-ring (bicyclic) bond motifs is 1. The number of ether oxygens (including phenoxy) is 1. The van der Waals surface area contributed by atoms with Crippen molar-refractivity contribution in [1.82, 2.24) is 0 Å². The maximum atomic E-state index is 11.2. The van der Waals surface area contributed by atoms with Crippen molar-refractivity contribution in [1.29, 1.82) is 0 Å². The zero-order chi connectivity index (χ0) is 15.1. The number of carbonyl (C=O) groups excluding carboxylic acids is 1. The molecule has 3 nitrogen and oxygen atoms in total. The number of hydrogen-bond donors (Lipinski definition) is 1. The van der Waals surface area contributed by atoms with Crippen LogP contribution in [0.3, 0.4) is 0 Å². The Morgan fingerprint density at radius 3 is 2.60 bits per heavy atom. The highest BCUT2D eigenvalue weighted by molar-refractivity contribution is 5.66. The van der Waals surface area contributed by atoms with Crippen LogP contribution < -0.4 is 0 Å². The van der Waals surface area contributed by atoms with Gasteiger partial charge in [-0.05, 0) is 54.1 Å². The fraction of sp³-hybridized carbons (Fsp3) is 0.824. The molecule has 1 saturated carbocycles. The Balaban J connectivity index is 2.39. The molecule has 0 radical (unpaired) electrons. The highest BCUT2D eigenvalue weighted by Gasteiger charge is 2.52. The molecule has 0 saturated heterocycles. The number of hydrogen-bond acceptors (Lipinski definition) is 3. The first-order chi connectivity index (χ1) is 9.18. The quantitative estimate of drug-likeness (QED) is 0.622. The molecule has 0 spiro atoms. The van der Waals surface area contributed by atoms with Crippen LogP contribution in [0.25, 0.3) is 0 Å². The molecule has 3 atom stereocenters. The zero-order valence-electron chi connectivity index (χ0n) is 13.5. The number of carbonyl (C=O) groups is 1. The average molecular weight is 280 g/mol. The van der Waals surface area contributed by atoms with Gasteiger partial charge in [-0.15, -0.1) is 0 Å². The van der Waals surface area contributed by atoms with Crippen molar-refractivity contribution in [3.8, 4) is 0 Å². The summed E-state index contributed by atoms with van der Waals surface area (Å²) >= 11 is 0. The minimum absolute atomic E-state index is 0.0561. The van der Waals surface area contributed by atoms with E-state index in [0.29, 0.717) is 12.5 Å². The Kier molecular flexibility index (Phi) is 4.03. The second kappa shape index (κ2) is 5.18. The maximum absolute atomic E-state index is 11.2. The van der Waals surface area contributed by atoms with Crippen molar-refractivity contribution < 1.29 is 14.6 Å². The van der Waals surface area contributed by atoms with Crippen LogP contribution in [0.15, 0.2) is 11.1 Å². The van der Waals surface area contributed by atoms with Crippen LogP contribution in [0.4, 0.5) is 0 Å². The third-order valence-electron chi connectivity index (χ3n) is 5.77. The van der Waals surface area contributed by atoms with Gasteiger partial charge in [0.2, 0.25) is 0 Å². The molecule has 3 heteroatoms. The van der Waals surface area contributed by atoms with E-state index in [1.165, 1.54) is 19.8 Å². The average Bonchev–Trinajstić information content (AvgIpc) is 2.31. The van der Waals surface area contributed by atoms with Crippen LogP contribution in [0.2, 0.25) is 0 Å². The van der Waals surface area contributed by atoms with Gasteiger partial charge in [-0.25, -0.2) is 0 Å². The summed E-state index contributed by atoms with van der Waals surface area (Å²) in [7, 11) is 0. The van der Waals surface area contributed by atoms with E-state index in [1.807, 2.05) is 6.92 Å². The summed E-state index contributed by atoms with van der Waals surface area (Å²) in [6.45, 7) is 10.7. The smallest absolute Gasteiger partial charge is 0.302 e. The molecule has 0 heterocycles.